The number of hydrogen-bond donors (Lipinski definition) is 0. The summed E-state index contributed by atoms with van der Waals surface area (Å²) in [6.45, 7) is 4.33. The van der Waals surface area contributed by atoms with Crippen LogP contribution in [0.5, 0.6) is 0 Å². The molecule has 0 atom stereocenters. The Balaban J connectivity index is 0.000000153. The van der Waals surface area contributed by atoms with Gasteiger partial charge in [0.2, 0.25) is 0 Å². The fourth-order valence-corrected chi connectivity index (χ4v) is 8.68. The Morgan fingerprint density at radius 3 is 1.73 bits per heavy atom. The maximum absolute atomic E-state index is 6.68. The number of pyridine rings is 1. The van der Waals surface area contributed by atoms with Gasteiger partial charge in [0, 0.05) is 79.2 Å². The molecule has 2 aliphatic heterocycles. The Morgan fingerprint density at radius 1 is 0.527 bits per heavy atom. The molecule has 276 valence electrons. The van der Waals surface area contributed by atoms with E-state index in [1.54, 1.807) is 10.7 Å². The predicted octanol–water partition coefficient (Wildman–Crippen LogP) is 11.1. The fraction of sp³-hybridized carbons (Fsp3) is 0.233. The summed E-state index contributed by atoms with van der Waals surface area (Å²) >= 11 is 16.7. The van der Waals surface area contributed by atoms with Gasteiger partial charge in [0.25, 0.3) is 0 Å². The Bertz CT molecular complexity index is 2640. The molecular weight excluding hydrogens is 793 g/mol. The lowest BCUT2D eigenvalue weighted by Gasteiger charge is -2.29. The van der Waals surface area contributed by atoms with Crippen molar-refractivity contribution in [3.63, 3.8) is 0 Å². The van der Waals surface area contributed by atoms with Gasteiger partial charge in [-0.3, -0.25) is 4.98 Å². The standard InChI is InChI=1S/C26H22ClN5.C17H16BrClN4/c27-23-14-18(9-10-25(23)31-12-2-1-3-13-31)19-15-29-26-22(16-30-32(26)17-19)20-6-4-8-24-21(20)7-5-11-28-24;18-14-10-21-23-11-13(9-20-17(14)23)12-4-5-16(15(19)8-12)22-6-2-1-3-7-22/h4-11,14-17H,1-3,12-13H2;4-5,8-11H,1-3,6-7H2. The van der Waals surface area contributed by atoms with Crippen LogP contribution in [0.2, 0.25) is 10.0 Å². The van der Waals surface area contributed by atoms with Gasteiger partial charge in [-0.25, -0.2) is 19.0 Å². The largest absolute Gasteiger partial charge is 0.370 e. The van der Waals surface area contributed by atoms with Gasteiger partial charge in [-0.1, -0.05) is 53.5 Å². The number of piperidine rings is 2. The van der Waals surface area contributed by atoms with E-state index >= 15 is 0 Å². The molecule has 0 saturated carbocycles. The van der Waals surface area contributed by atoms with Gasteiger partial charge in [-0.05, 0) is 108 Å². The zero-order valence-corrected chi connectivity index (χ0v) is 33.2. The first-order chi connectivity index (χ1) is 27.0. The number of benzene rings is 3. The summed E-state index contributed by atoms with van der Waals surface area (Å²) in [4.78, 5) is 18.5. The van der Waals surface area contributed by atoms with Crippen LogP contribution in [0.3, 0.4) is 0 Å². The molecule has 0 aliphatic carbocycles. The lowest BCUT2D eigenvalue weighted by molar-refractivity contribution is 0.578. The van der Waals surface area contributed by atoms with E-state index in [1.807, 2.05) is 72.0 Å². The van der Waals surface area contributed by atoms with E-state index in [2.05, 4.69) is 82.3 Å². The molecule has 0 spiro atoms. The molecule has 0 amide bonds. The van der Waals surface area contributed by atoms with Crippen molar-refractivity contribution in [2.45, 2.75) is 38.5 Å². The highest BCUT2D eigenvalue weighted by atomic mass is 79.9. The van der Waals surface area contributed by atoms with Gasteiger partial charge < -0.3 is 9.80 Å². The molecule has 0 radical (unpaired) electrons. The SMILES string of the molecule is Clc1cc(-c2cnc3c(-c4cccc5ncccc45)cnn3c2)ccc1N1CCCCC1.Clc1cc(-c2cnc3c(Br)cnn3c2)ccc1N1CCCCC1. The van der Waals surface area contributed by atoms with Crippen molar-refractivity contribution in [1.29, 1.82) is 0 Å². The van der Waals surface area contributed by atoms with E-state index in [0.29, 0.717) is 0 Å². The van der Waals surface area contributed by atoms with Crippen LogP contribution in [-0.4, -0.2) is 60.4 Å². The lowest BCUT2D eigenvalue weighted by Crippen LogP contribution is -2.29. The monoisotopic (exact) mass is 829 g/mol. The summed E-state index contributed by atoms with van der Waals surface area (Å²) in [6, 6.07) is 22.7. The maximum Gasteiger partial charge on any atom is 0.169 e. The fourth-order valence-electron chi connectivity index (χ4n) is 7.70. The minimum absolute atomic E-state index is 0.786. The van der Waals surface area contributed by atoms with Crippen molar-refractivity contribution in [2.75, 3.05) is 36.0 Å². The predicted molar refractivity (Wildman–Crippen MR) is 227 cm³/mol. The third-order valence-electron chi connectivity index (χ3n) is 10.6. The molecule has 12 heteroatoms. The minimum Gasteiger partial charge on any atom is -0.370 e. The van der Waals surface area contributed by atoms with Gasteiger partial charge in [-0.2, -0.15) is 10.2 Å². The van der Waals surface area contributed by atoms with Crippen molar-refractivity contribution in [1.82, 2.24) is 34.2 Å². The quantitative estimate of drug-likeness (QED) is 0.171. The summed E-state index contributed by atoms with van der Waals surface area (Å²) in [7, 11) is 0. The first kappa shape index (κ1) is 35.7. The van der Waals surface area contributed by atoms with Gasteiger partial charge >= 0.3 is 0 Å². The van der Waals surface area contributed by atoms with Crippen LogP contribution in [-0.2, 0) is 0 Å². The number of halogens is 3. The second-order valence-electron chi connectivity index (χ2n) is 14.1. The van der Waals surface area contributed by atoms with Crippen LogP contribution in [0, 0.1) is 0 Å². The zero-order chi connectivity index (χ0) is 37.3. The molecule has 2 aliphatic rings. The highest BCUT2D eigenvalue weighted by Gasteiger charge is 2.17. The number of rotatable bonds is 5. The molecule has 5 aromatic heterocycles. The van der Waals surface area contributed by atoms with Gasteiger partial charge in [0.05, 0.1) is 43.8 Å². The van der Waals surface area contributed by atoms with E-state index in [9.17, 15) is 0 Å². The number of anilines is 2. The second kappa shape index (κ2) is 15.6. The van der Waals surface area contributed by atoms with Crippen LogP contribution in [0.1, 0.15) is 38.5 Å². The smallest absolute Gasteiger partial charge is 0.169 e. The molecule has 2 fully saturated rings. The molecule has 9 nitrogen and oxygen atoms in total. The van der Waals surface area contributed by atoms with E-state index in [1.165, 1.54) is 38.5 Å². The molecule has 0 unspecified atom stereocenters. The van der Waals surface area contributed by atoms with E-state index in [4.69, 9.17) is 28.2 Å². The van der Waals surface area contributed by atoms with Gasteiger partial charge in [-0.15, -0.1) is 0 Å². The average molecular weight is 832 g/mol. The normalized spacial score (nSPS) is 14.7. The summed E-state index contributed by atoms with van der Waals surface area (Å²) in [5.41, 5.74) is 11.0. The molecule has 8 aromatic rings. The van der Waals surface area contributed by atoms with E-state index in [-0.39, 0.29) is 0 Å². The number of aromatic nitrogens is 7. The van der Waals surface area contributed by atoms with Crippen LogP contribution in [0.25, 0.3) is 55.6 Å². The highest BCUT2D eigenvalue weighted by Crippen LogP contribution is 2.35. The molecule has 10 rings (SSSR count). The summed E-state index contributed by atoms with van der Waals surface area (Å²) in [5.74, 6) is 0. The summed E-state index contributed by atoms with van der Waals surface area (Å²) in [6.07, 6.45) is 20.7. The average Bonchev–Trinajstić information content (AvgIpc) is 3.84. The molecule has 3 aromatic carbocycles. The number of nitrogens with zero attached hydrogens (tertiary/aromatic N) is 9. The van der Waals surface area contributed by atoms with Crippen LogP contribution >= 0.6 is 39.1 Å². The van der Waals surface area contributed by atoms with Gasteiger partial charge in [0.1, 0.15) is 0 Å². The van der Waals surface area contributed by atoms with Crippen molar-refractivity contribution < 1.29 is 0 Å². The zero-order valence-electron chi connectivity index (χ0n) is 30.1. The van der Waals surface area contributed by atoms with Crippen molar-refractivity contribution in [3.05, 3.63) is 125 Å². The number of hydrogen-bond acceptors (Lipinski definition) is 7. The number of fused-ring (bicyclic) bond motifs is 3. The first-order valence-electron chi connectivity index (χ1n) is 18.8. The third-order valence-corrected chi connectivity index (χ3v) is 11.7. The molecule has 0 bridgehead atoms. The third kappa shape index (κ3) is 7.26. The Labute approximate surface area is 337 Å². The molecule has 0 N–H and O–H groups in total. The van der Waals surface area contributed by atoms with Crippen LogP contribution < -0.4 is 9.80 Å². The van der Waals surface area contributed by atoms with Crippen LogP contribution in [0.4, 0.5) is 11.4 Å². The Morgan fingerprint density at radius 2 is 1.11 bits per heavy atom. The summed E-state index contributed by atoms with van der Waals surface area (Å²) < 4.78 is 4.50. The van der Waals surface area contributed by atoms with E-state index < -0.39 is 0 Å². The maximum atomic E-state index is 6.68. The molecule has 55 heavy (non-hydrogen) atoms. The summed E-state index contributed by atoms with van der Waals surface area (Å²) in [5, 5.41) is 11.6. The second-order valence-corrected chi connectivity index (χ2v) is 15.7. The van der Waals surface area contributed by atoms with Gasteiger partial charge in [0.15, 0.2) is 11.3 Å². The first-order valence-corrected chi connectivity index (χ1v) is 20.3. The van der Waals surface area contributed by atoms with E-state index in [0.717, 1.165) is 108 Å². The Hall–Kier alpha value is -5.03. The molecule has 2 saturated heterocycles. The topological polar surface area (TPSA) is 79.7 Å². The Kier molecular flexibility index (Phi) is 10.1. The van der Waals surface area contributed by atoms with Crippen LogP contribution in [0.15, 0.2) is 115 Å². The van der Waals surface area contributed by atoms with Crippen molar-refractivity contribution in [3.8, 4) is 33.4 Å². The minimum atomic E-state index is 0.786. The van der Waals surface area contributed by atoms with Crippen molar-refractivity contribution in [2.24, 2.45) is 0 Å². The molecule has 7 heterocycles. The lowest BCUT2D eigenvalue weighted by atomic mass is 10.0. The van der Waals surface area contributed by atoms with Crippen molar-refractivity contribution >= 4 is 72.7 Å². The molecular formula is C43H38BrCl2N9. The highest BCUT2D eigenvalue weighted by molar-refractivity contribution is 9.10.